The summed E-state index contributed by atoms with van der Waals surface area (Å²) in [7, 11) is 5.55. The third-order valence-electron chi connectivity index (χ3n) is 12.4. The molecule has 358 valence electrons. The third kappa shape index (κ3) is 11.6. The lowest BCUT2D eigenvalue weighted by Crippen LogP contribution is -2.43. The zero-order valence-corrected chi connectivity index (χ0v) is 44.2. The van der Waals surface area contributed by atoms with E-state index < -0.39 is 24.0 Å². The SMILES string of the molecule is COC(=O)[C@H]1CSSC[C@@H](C(=O)OC)N2Cc3cc(C(C)(C)C)cc(c3O)Sc3cc(C(C)(C)C)cc(c3O)CN1Cc1cc(C(C)(C)C)cc(c1O)Sc1cc(C(C)(C)C)cc(c1O)C2. The number of carbonyl (C=O) groups is 2. The molecular weight excluding hydrogens is 909 g/mol. The number of carbonyl (C=O) groups excluding carboxylic acids is 2. The van der Waals surface area contributed by atoms with Crippen LogP contribution in [-0.2, 0) is 66.9 Å². The van der Waals surface area contributed by atoms with Crippen LogP contribution in [0.4, 0.5) is 0 Å². The molecule has 0 unspecified atom stereocenters. The highest BCUT2D eigenvalue weighted by molar-refractivity contribution is 8.76. The van der Waals surface area contributed by atoms with Crippen LogP contribution in [0.25, 0.3) is 0 Å². The molecular formula is C52H68N2O8S4. The van der Waals surface area contributed by atoms with E-state index in [0.717, 1.165) is 22.3 Å². The standard InChI is InChI=1S/C52H68N2O8S4/c1-49(2,3)33-15-29-23-53-24-30-16-35(51(7,8)9)21-41(45(30)57)66-42-22-36(52(10,11)12)18-32(46(42)58)26-54(38(48(60)62-14)28-64-63-27-37(53)47(59)61-13)25-31-17-34(50(4,5)6)20-40(44(31)56)65-39(19-33)43(29)55/h15-22,37-38,55-58H,23-28H2,1-14H3/t37-,38+. The molecule has 14 heteroatoms. The van der Waals surface area contributed by atoms with Crippen molar-refractivity contribution >= 4 is 57.1 Å². The summed E-state index contributed by atoms with van der Waals surface area (Å²) in [6.45, 7) is 25.6. The van der Waals surface area contributed by atoms with Crippen molar-refractivity contribution in [2.24, 2.45) is 0 Å². The van der Waals surface area contributed by atoms with Crippen molar-refractivity contribution in [1.29, 1.82) is 0 Å². The second-order valence-electron chi connectivity index (χ2n) is 21.6. The van der Waals surface area contributed by atoms with Gasteiger partial charge in [0.15, 0.2) is 0 Å². The van der Waals surface area contributed by atoms with Crippen LogP contribution >= 0.6 is 45.1 Å². The van der Waals surface area contributed by atoms with E-state index in [0.29, 0.717) is 41.8 Å². The van der Waals surface area contributed by atoms with E-state index in [2.05, 4.69) is 83.1 Å². The molecule has 0 amide bonds. The van der Waals surface area contributed by atoms with Crippen molar-refractivity contribution in [1.82, 2.24) is 9.80 Å². The summed E-state index contributed by atoms with van der Waals surface area (Å²) in [5.41, 5.74) is 4.64. The van der Waals surface area contributed by atoms with Gasteiger partial charge in [0.05, 0.1) is 33.8 Å². The Kier molecular flexibility index (Phi) is 15.5. The number of aromatic hydroxyl groups is 4. The van der Waals surface area contributed by atoms with Crippen molar-refractivity contribution in [3.8, 4) is 23.0 Å². The smallest absolute Gasteiger partial charge is 0.323 e. The van der Waals surface area contributed by atoms with Crippen molar-refractivity contribution < 1.29 is 39.5 Å². The van der Waals surface area contributed by atoms with Gasteiger partial charge in [0.25, 0.3) is 0 Å². The Bertz CT molecular complexity index is 2170. The number of phenols is 4. The molecule has 0 aliphatic carbocycles. The summed E-state index contributed by atoms with van der Waals surface area (Å²) >= 11 is 2.53. The quantitative estimate of drug-likeness (QED) is 0.112. The maximum Gasteiger partial charge on any atom is 0.323 e. The van der Waals surface area contributed by atoms with E-state index in [1.807, 2.05) is 58.3 Å². The third-order valence-corrected chi connectivity index (χ3v) is 16.9. The molecule has 0 fully saturated rings. The highest BCUT2D eigenvalue weighted by Gasteiger charge is 2.35. The molecule has 0 saturated heterocycles. The fraction of sp³-hybridized carbons (Fsp3) is 0.500. The number of ether oxygens (including phenoxy) is 2. The van der Waals surface area contributed by atoms with Crippen molar-refractivity contribution in [3.05, 3.63) is 93.0 Å². The molecule has 10 nitrogen and oxygen atoms in total. The van der Waals surface area contributed by atoms with Gasteiger partial charge in [-0.1, -0.05) is 152 Å². The Morgan fingerprint density at radius 2 is 0.682 bits per heavy atom. The van der Waals surface area contributed by atoms with Gasteiger partial charge in [-0.2, -0.15) is 0 Å². The second kappa shape index (κ2) is 19.7. The lowest BCUT2D eigenvalue weighted by Gasteiger charge is -2.32. The minimum Gasteiger partial charge on any atom is -0.506 e. The predicted molar refractivity (Wildman–Crippen MR) is 270 cm³/mol. The van der Waals surface area contributed by atoms with Gasteiger partial charge in [0, 0.05) is 59.9 Å². The monoisotopic (exact) mass is 976 g/mol. The number of rotatable bonds is 2. The maximum atomic E-state index is 14.1. The number of hydrogen-bond acceptors (Lipinski definition) is 14. The number of hydrogen-bond donors (Lipinski definition) is 4. The van der Waals surface area contributed by atoms with Gasteiger partial charge in [0.1, 0.15) is 35.1 Å². The Labute approximate surface area is 408 Å². The highest BCUT2D eigenvalue weighted by Crippen LogP contribution is 2.49. The highest BCUT2D eigenvalue weighted by atomic mass is 33.1. The Morgan fingerprint density at radius 3 is 0.879 bits per heavy atom. The molecule has 0 radical (unpaired) electrons. The van der Waals surface area contributed by atoms with Crippen molar-refractivity contribution in [2.45, 2.75) is 163 Å². The van der Waals surface area contributed by atoms with Gasteiger partial charge in [-0.15, -0.1) is 0 Å². The van der Waals surface area contributed by atoms with Gasteiger partial charge in [-0.3, -0.25) is 19.4 Å². The van der Waals surface area contributed by atoms with Crippen molar-refractivity contribution in [3.63, 3.8) is 0 Å². The first-order valence-corrected chi connectivity index (χ1v) is 26.4. The lowest BCUT2D eigenvalue weighted by atomic mass is 9.85. The molecule has 6 rings (SSSR count). The molecule has 4 aromatic rings. The largest absolute Gasteiger partial charge is 0.506 e. The normalized spacial score (nSPS) is 20.0. The summed E-state index contributed by atoms with van der Waals surface area (Å²) in [6.07, 6.45) is 0. The molecule has 4 N–H and O–H groups in total. The summed E-state index contributed by atoms with van der Waals surface area (Å²) in [5, 5.41) is 49.7. The van der Waals surface area contributed by atoms with Crippen LogP contribution < -0.4 is 0 Å². The van der Waals surface area contributed by atoms with E-state index in [1.54, 1.807) is 0 Å². The second-order valence-corrected chi connectivity index (χ2v) is 26.3. The number of methoxy groups -OCH3 is 2. The van der Waals surface area contributed by atoms with Crippen LogP contribution in [0.1, 0.15) is 128 Å². The maximum absolute atomic E-state index is 14.1. The number of nitrogens with zero attached hydrogens (tertiary/aromatic N) is 2. The summed E-state index contributed by atoms with van der Waals surface area (Å²) in [5.74, 6) is -0.429. The molecule has 0 saturated carbocycles. The summed E-state index contributed by atoms with van der Waals surface area (Å²) in [4.78, 5) is 34.3. The first kappa shape index (κ1) is 51.7. The van der Waals surface area contributed by atoms with E-state index in [9.17, 15) is 30.0 Å². The molecule has 2 aliphatic rings. The molecule has 66 heavy (non-hydrogen) atoms. The number of phenolic OH excluding ortho intramolecular Hbond substituents is 4. The van der Waals surface area contributed by atoms with Crippen LogP contribution in [0.2, 0.25) is 0 Å². The molecule has 4 aromatic carbocycles. The van der Waals surface area contributed by atoms with E-state index in [1.165, 1.54) is 59.3 Å². The van der Waals surface area contributed by atoms with E-state index >= 15 is 0 Å². The lowest BCUT2D eigenvalue weighted by molar-refractivity contribution is -0.147. The molecule has 2 heterocycles. The van der Waals surface area contributed by atoms with Crippen LogP contribution in [0.5, 0.6) is 23.0 Å². The minimum atomic E-state index is -0.865. The number of benzene rings is 4. The van der Waals surface area contributed by atoms with Crippen LogP contribution in [0.3, 0.4) is 0 Å². The fourth-order valence-corrected chi connectivity index (χ4v) is 12.6. The average Bonchev–Trinajstić information content (AvgIpc) is 3.21. The Morgan fingerprint density at radius 1 is 0.455 bits per heavy atom. The fourth-order valence-electron chi connectivity index (χ4n) is 7.99. The van der Waals surface area contributed by atoms with Gasteiger partial charge >= 0.3 is 11.9 Å². The van der Waals surface area contributed by atoms with Crippen LogP contribution in [-0.4, -0.2) is 80.0 Å². The molecule has 0 spiro atoms. The van der Waals surface area contributed by atoms with Gasteiger partial charge in [-0.05, 0) is 68.2 Å². The van der Waals surface area contributed by atoms with E-state index in [-0.39, 0.29) is 82.3 Å². The summed E-state index contributed by atoms with van der Waals surface area (Å²) in [6, 6.07) is 14.0. The summed E-state index contributed by atoms with van der Waals surface area (Å²) < 4.78 is 11.0. The molecule has 2 aliphatic heterocycles. The molecule has 2 atom stereocenters. The van der Waals surface area contributed by atoms with Crippen LogP contribution in [0.15, 0.2) is 68.1 Å². The van der Waals surface area contributed by atoms with Gasteiger partial charge in [-0.25, -0.2) is 0 Å². The van der Waals surface area contributed by atoms with Crippen LogP contribution in [0, 0.1) is 0 Å². The molecule has 0 aromatic heterocycles. The number of esters is 2. The predicted octanol–water partition coefficient (Wildman–Crippen LogP) is 11.8. The first-order chi connectivity index (χ1) is 30.6. The number of fused-ring (bicyclic) bond motifs is 15. The zero-order chi connectivity index (χ0) is 48.8. The Balaban J connectivity index is 1.77. The Hall–Kier alpha value is -3.66. The van der Waals surface area contributed by atoms with Gasteiger partial charge < -0.3 is 29.9 Å². The average molecular weight is 977 g/mol. The van der Waals surface area contributed by atoms with E-state index in [4.69, 9.17) is 9.47 Å². The minimum absolute atomic E-state index is 0.0179. The topological polar surface area (TPSA) is 140 Å². The molecule has 10 bridgehead atoms. The van der Waals surface area contributed by atoms with Gasteiger partial charge in [0.2, 0.25) is 0 Å². The zero-order valence-electron chi connectivity index (χ0n) is 41.0. The van der Waals surface area contributed by atoms with Crippen molar-refractivity contribution in [2.75, 3.05) is 25.7 Å². The first-order valence-electron chi connectivity index (χ1n) is 22.3.